The van der Waals surface area contributed by atoms with E-state index in [1.165, 1.54) is 29.0 Å². The molecule has 0 saturated carbocycles. The number of carbonyl (C=O) groups is 2. The van der Waals surface area contributed by atoms with Crippen LogP contribution in [0.1, 0.15) is 23.6 Å². The van der Waals surface area contributed by atoms with Gasteiger partial charge < -0.3 is 10.2 Å². The first kappa shape index (κ1) is 29.5. The Morgan fingerprint density at radius 2 is 1.89 bits per heavy atom. The summed E-state index contributed by atoms with van der Waals surface area (Å²) in [4.78, 5) is 34.1. The van der Waals surface area contributed by atoms with E-state index < -0.39 is 17.9 Å². The Balaban J connectivity index is 1.67. The van der Waals surface area contributed by atoms with Gasteiger partial charge in [0.25, 0.3) is 0 Å². The van der Waals surface area contributed by atoms with Crippen LogP contribution >= 0.6 is 11.6 Å². The van der Waals surface area contributed by atoms with Gasteiger partial charge in [0, 0.05) is 39.3 Å². The molecule has 1 atom stereocenters. The van der Waals surface area contributed by atoms with Gasteiger partial charge in [0.2, 0.25) is 5.91 Å². The molecule has 0 unspecified atom stereocenters. The predicted octanol–water partition coefficient (Wildman–Crippen LogP) is 2.12. The Morgan fingerprint density at radius 3 is 2.61 bits per heavy atom. The van der Waals surface area contributed by atoms with E-state index in [4.69, 9.17) is 16.4 Å². The third-order valence-electron chi connectivity index (χ3n) is 6.00. The van der Waals surface area contributed by atoms with Crippen molar-refractivity contribution in [3.05, 3.63) is 76.2 Å². The van der Waals surface area contributed by atoms with E-state index in [1.807, 2.05) is 30.3 Å². The predicted molar refractivity (Wildman–Crippen MR) is 141 cm³/mol. The molecule has 206 valence electrons. The average molecular weight is 550 g/mol. The van der Waals surface area contributed by atoms with Gasteiger partial charge in [0.15, 0.2) is 0 Å². The van der Waals surface area contributed by atoms with Gasteiger partial charge in [-0.1, -0.05) is 48.0 Å². The average Bonchev–Trinajstić information content (AvgIpc) is 2.90. The highest BCUT2D eigenvalue weighted by Gasteiger charge is 2.26. The van der Waals surface area contributed by atoms with Crippen molar-refractivity contribution in [1.29, 1.82) is 0 Å². The summed E-state index contributed by atoms with van der Waals surface area (Å²) >= 11 is 6.06. The largest absolute Gasteiger partial charge is 0.395 e. The third kappa shape index (κ3) is 8.22. The summed E-state index contributed by atoms with van der Waals surface area (Å²) in [6, 6.07) is 11.0. The third-order valence-corrected chi connectivity index (χ3v) is 6.43. The van der Waals surface area contributed by atoms with Crippen LogP contribution < -0.4 is 10.9 Å². The minimum Gasteiger partial charge on any atom is -0.395 e. The van der Waals surface area contributed by atoms with Gasteiger partial charge in [0.05, 0.1) is 37.4 Å². The van der Waals surface area contributed by atoms with Gasteiger partial charge in [-0.2, -0.15) is 0 Å². The molecule has 0 aliphatic carbocycles. The second-order valence-electron chi connectivity index (χ2n) is 8.70. The van der Waals surface area contributed by atoms with Gasteiger partial charge in [-0.25, -0.2) is 20.1 Å². The number of aliphatic hydroxyl groups is 2. The van der Waals surface area contributed by atoms with E-state index in [9.17, 15) is 24.2 Å². The summed E-state index contributed by atoms with van der Waals surface area (Å²) in [6.45, 7) is 2.07. The van der Waals surface area contributed by atoms with E-state index in [1.54, 1.807) is 17.2 Å². The first-order chi connectivity index (χ1) is 18.3. The normalized spacial score (nSPS) is 13.4. The lowest BCUT2D eigenvalue weighted by Gasteiger charge is -2.35. The number of fused-ring (bicyclic) bond motifs is 1. The van der Waals surface area contributed by atoms with Crippen LogP contribution in [0.5, 0.6) is 0 Å². The molecule has 0 aromatic heterocycles. The van der Waals surface area contributed by atoms with Crippen molar-refractivity contribution in [3.8, 4) is 0 Å². The summed E-state index contributed by atoms with van der Waals surface area (Å²) in [7, 11) is 0. The standard InChI is InChI=1S/C26H33ClFN5O5/c1-19(36)33(29-15-21-7-4-8-24(28)25(21)27)23(17-31(11-13-34)12-14-35)18-38-30-26(37)32-10-9-20-5-2-3-6-22(20)16-32/h2-10,23,29,34-35H,11-18H2,1H3,(H,30,37)/t23-/m0/s1. The lowest BCUT2D eigenvalue weighted by atomic mass is 10.0. The zero-order valence-electron chi connectivity index (χ0n) is 21.1. The zero-order chi connectivity index (χ0) is 27.5. The van der Waals surface area contributed by atoms with Crippen molar-refractivity contribution < 1.29 is 29.0 Å². The number of hydrogen-bond donors (Lipinski definition) is 4. The molecular weight excluding hydrogens is 517 g/mol. The van der Waals surface area contributed by atoms with Gasteiger partial charge in [-0.3, -0.25) is 24.4 Å². The SMILES string of the molecule is CC(=O)N(NCc1cccc(F)c1Cl)[C@H](CONC(=O)N1C=Cc2ccccc2C1)CN(CCO)CCO. The van der Waals surface area contributed by atoms with Crippen LogP contribution in [0.3, 0.4) is 0 Å². The van der Waals surface area contributed by atoms with E-state index in [0.717, 1.165) is 11.1 Å². The number of nitrogens with zero attached hydrogens (tertiary/aromatic N) is 3. The van der Waals surface area contributed by atoms with E-state index in [2.05, 4.69) is 10.9 Å². The first-order valence-corrected chi connectivity index (χ1v) is 12.6. The molecule has 2 aromatic carbocycles. The quantitative estimate of drug-likeness (QED) is 0.283. The number of halogens is 2. The molecule has 0 saturated heterocycles. The van der Waals surface area contributed by atoms with E-state index in [-0.39, 0.29) is 56.9 Å². The number of aliphatic hydroxyl groups excluding tert-OH is 2. The Labute approximate surface area is 226 Å². The fourth-order valence-electron chi connectivity index (χ4n) is 4.08. The highest BCUT2D eigenvalue weighted by molar-refractivity contribution is 6.31. The van der Waals surface area contributed by atoms with Crippen LogP contribution in [0.15, 0.2) is 48.7 Å². The molecule has 0 bridgehead atoms. The monoisotopic (exact) mass is 549 g/mol. The highest BCUT2D eigenvalue weighted by atomic mass is 35.5. The van der Waals surface area contributed by atoms with Gasteiger partial charge in [-0.15, -0.1) is 0 Å². The number of hydrazine groups is 1. The maximum absolute atomic E-state index is 13.9. The van der Waals surface area contributed by atoms with Crippen molar-refractivity contribution >= 4 is 29.6 Å². The minimum atomic E-state index is -0.657. The van der Waals surface area contributed by atoms with Crippen molar-refractivity contribution in [1.82, 2.24) is 25.7 Å². The molecule has 0 spiro atoms. The Morgan fingerprint density at radius 1 is 1.16 bits per heavy atom. The van der Waals surface area contributed by atoms with Crippen LogP contribution in [-0.2, 0) is 22.7 Å². The topological polar surface area (TPSA) is 118 Å². The zero-order valence-corrected chi connectivity index (χ0v) is 21.9. The van der Waals surface area contributed by atoms with Crippen LogP contribution in [0, 0.1) is 5.82 Å². The molecular formula is C26H33ClFN5O5. The van der Waals surface area contributed by atoms with Gasteiger partial charge in [0.1, 0.15) is 5.82 Å². The van der Waals surface area contributed by atoms with Crippen molar-refractivity contribution in [2.75, 3.05) is 39.5 Å². The maximum atomic E-state index is 13.9. The summed E-state index contributed by atoms with van der Waals surface area (Å²) in [6.07, 6.45) is 3.50. The Hall–Kier alpha value is -3.06. The molecule has 1 heterocycles. The smallest absolute Gasteiger partial charge is 0.345 e. The number of carbonyl (C=O) groups excluding carboxylic acids is 2. The summed E-state index contributed by atoms with van der Waals surface area (Å²) in [5.41, 5.74) is 7.87. The van der Waals surface area contributed by atoms with Crippen LogP contribution in [0.2, 0.25) is 5.02 Å². The highest BCUT2D eigenvalue weighted by Crippen LogP contribution is 2.20. The molecule has 2 aromatic rings. The molecule has 3 amide bonds. The molecule has 3 rings (SSSR count). The lowest BCUT2D eigenvalue weighted by molar-refractivity contribution is -0.138. The molecule has 0 fully saturated rings. The first-order valence-electron chi connectivity index (χ1n) is 12.2. The number of urea groups is 1. The molecule has 1 aliphatic rings. The number of amides is 3. The fraction of sp³-hybridized carbons (Fsp3) is 0.385. The molecule has 12 heteroatoms. The lowest BCUT2D eigenvalue weighted by Crippen LogP contribution is -2.56. The van der Waals surface area contributed by atoms with Crippen LogP contribution in [-0.4, -0.2) is 82.5 Å². The van der Waals surface area contributed by atoms with Crippen LogP contribution in [0.25, 0.3) is 6.08 Å². The molecule has 38 heavy (non-hydrogen) atoms. The van der Waals surface area contributed by atoms with Crippen LogP contribution in [0.4, 0.5) is 9.18 Å². The number of nitrogens with one attached hydrogen (secondary N) is 2. The number of benzene rings is 2. The maximum Gasteiger partial charge on any atom is 0.345 e. The summed E-state index contributed by atoms with van der Waals surface area (Å²) < 4.78 is 13.9. The Bertz CT molecular complexity index is 1120. The van der Waals surface area contributed by atoms with Gasteiger partial charge in [-0.05, 0) is 28.8 Å². The number of hydrogen-bond acceptors (Lipinski definition) is 7. The second kappa shape index (κ2) is 14.8. The Kier molecular flexibility index (Phi) is 11.5. The minimum absolute atomic E-state index is 0.0526. The number of hydroxylamine groups is 1. The molecule has 1 aliphatic heterocycles. The van der Waals surface area contributed by atoms with Crippen molar-refractivity contribution in [2.45, 2.75) is 26.1 Å². The molecule has 10 nitrogen and oxygen atoms in total. The van der Waals surface area contributed by atoms with Gasteiger partial charge >= 0.3 is 6.03 Å². The van der Waals surface area contributed by atoms with E-state index in [0.29, 0.717) is 12.1 Å². The number of rotatable bonds is 13. The summed E-state index contributed by atoms with van der Waals surface area (Å²) in [5, 5.41) is 20.1. The summed E-state index contributed by atoms with van der Waals surface area (Å²) in [5.74, 6) is -0.935. The van der Waals surface area contributed by atoms with Crippen molar-refractivity contribution in [2.24, 2.45) is 0 Å². The molecule has 4 N–H and O–H groups in total. The van der Waals surface area contributed by atoms with Crippen molar-refractivity contribution in [3.63, 3.8) is 0 Å². The molecule has 0 radical (unpaired) electrons. The second-order valence-corrected chi connectivity index (χ2v) is 9.08. The fourth-order valence-corrected chi connectivity index (χ4v) is 4.27. The van der Waals surface area contributed by atoms with E-state index >= 15 is 0 Å².